The van der Waals surface area contributed by atoms with Crippen molar-refractivity contribution in [2.24, 2.45) is 5.73 Å². The molecule has 1 fully saturated rings. The molecule has 0 aliphatic heterocycles. The first-order valence-corrected chi connectivity index (χ1v) is 5.93. The van der Waals surface area contributed by atoms with Gasteiger partial charge in [-0.15, -0.1) is 0 Å². The van der Waals surface area contributed by atoms with Crippen molar-refractivity contribution in [2.75, 3.05) is 5.73 Å². The van der Waals surface area contributed by atoms with E-state index >= 15 is 0 Å². The molecule has 0 saturated heterocycles. The van der Waals surface area contributed by atoms with Gasteiger partial charge in [-0.25, -0.2) is 4.98 Å². The molecule has 17 heavy (non-hydrogen) atoms. The predicted octanol–water partition coefficient (Wildman–Crippen LogP) is 0.663. The number of nitrogens with two attached hydrogens (primary N) is 2. The Hall–Kier alpha value is -1.62. The van der Waals surface area contributed by atoms with Crippen LogP contribution in [0.2, 0.25) is 0 Å². The van der Waals surface area contributed by atoms with Crippen LogP contribution in [-0.4, -0.2) is 23.0 Å². The lowest BCUT2D eigenvalue weighted by molar-refractivity contribution is 0.0926. The molecule has 92 valence electrons. The van der Waals surface area contributed by atoms with Crippen LogP contribution in [0.4, 0.5) is 5.82 Å². The number of carbonyl (C=O) groups is 1. The van der Waals surface area contributed by atoms with Crippen molar-refractivity contribution in [1.82, 2.24) is 10.3 Å². The first kappa shape index (κ1) is 11.9. The molecule has 1 saturated carbocycles. The monoisotopic (exact) mass is 234 g/mol. The molecule has 5 N–H and O–H groups in total. The number of nitrogen functional groups attached to an aromatic ring is 1. The van der Waals surface area contributed by atoms with Crippen molar-refractivity contribution in [3.05, 3.63) is 23.9 Å². The highest BCUT2D eigenvalue weighted by Gasteiger charge is 2.20. The topological polar surface area (TPSA) is 94.0 Å². The molecule has 1 aromatic heterocycles. The minimum atomic E-state index is -0.0837. The molecule has 5 heteroatoms. The first-order valence-electron chi connectivity index (χ1n) is 5.93. The Labute approximate surface area is 101 Å². The van der Waals surface area contributed by atoms with Crippen LogP contribution < -0.4 is 16.8 Å². The molecule has 5 nitrogen and oxygen atoms in total. The van der Waals surface area contributed by atoms with Crippen molar-refractivity contribution < 1.29 is 4.79 Å². The number of rotatable bonds is 2. The second kappa shape index (κ2) is 5.14. The van der Waals surface area contributed by atoms with E-state index in [2.05, 4.69) is 10.3 Å². The summed E-state index contributed by atoms with van der Waals surface area (Å²) in [7, 11) is 0. The molecule has 0 radical (unpaired) electrons. The third kappa shape index (κ3) is 3.17. The van der Waals surface area contributed by atoms with E-state index in [9.17, 15) is 4.79 Å². The number of pyridine rings is 1. The van der Waals surface area contributed by atoms with E-state index in [1.807, 2.05) is 0 Å². The van der Waals surface area contributed by atoms with E-state index in [-0.39, 0.29) is 11.9 Å². The van der Waals surface area contributed by atoms with Gasteiger partial charge >= 0.3 is 0 Å². The number of amides is 1. The van der Waals surface area contributed by atoms with Crippen LogP contribution in [0, 0.1) is 0 Å². The van der Waals surface area contributed by atoms with Crippen LogP contribution in [0.3, 0.4) is 0 Å². The fraction of sp³-hybridized carbons (Fsp3) is 0.500. The second-order valence-corrected chi connectivity index (χ2v) is 4.55. The van der Waals surface area contributed by atoms with Gasteiger partial charge in [-0.3, -0.25) is 4.79 Å². The molecule has 2 rings (SSSR count). The lowest BCUT2D eigenvalue weighted by atomic mass is 9.91. The van der Waals surface area contributed by atoms with Crippen LogP contribution in [0.5, 0.6) is 0 Å². The number of nitrogens with one attached hydrogen (secondary N) is 1. The van der Waals surface area contributed by atoms with Crippen LogP contribution in [0.25, 0.3) is 0 Å². The summed E-state index contributed by atoms with van der Waals surface area (Å²) in [5.41, 5.74) is 11.9. The molecular formula is C12H18N4O. The molecule has 1 aliphatic carbocycles. The average molecular weight is 234 g/mol. The molecule has 0 spiro atoms. The fourth-order valence-electron chi connectivity index (χ4n) is 2.12. The van der Waals surface area contributed by atoms with E-state index in [0.29, 0.717) is 17.4 Å². The van der Waals surface area contributed by atoms with Crippen molar-refractivity contribution >= 4 is 11.7 Å². The van der Waals surface area contributed by atoms with Gasteiger partial charge in [0.1, 0.15) is 5.82 Å². The average Bonchev–Trinajstić information content (AvgIpc) is 2.32. The third-order valence-electron chi connectivity index (χ3n) is 3.15. The summed E-state index contributed by atoms with van der Waals surface area (Å²) in [5, 5.41) is 3.01. The lowest BCUT2D eigenvalue weighted by Gasteiger charge is -2.26. The number of aromatic nitrogens is 1. The van der Waals surface area contributed by atoms with Gasteiger partial charge in [-0.2, -0.15) is 0 Å². The molecule has 1 aliphatic rings. The summed E-state index contributed by atoms with van der Waals surface area (Å²) >= 11 is 0. The summed E-state index contributed by atoms with van der Waals surface area (Å²) in [4.78, 5) is 15.8. The molecule has 0 unspecified atom stereocenters. The lowest BCUT2D eigenvalue weighted by Crippen LogP contribution is -2.40. The standard InChI is InChI=1S/C12H18N4O/c13-9-1-3-10(4-2-9)16-12(17)8-5-6-15-11(14)7-8/h5-7,9-10H,1-4,13H2,(H2,14,15)(H,16,17). The van der Waals surface area contributed by atoms with Crippen molar-refractivity contribution in [2.45, 2.75) is 37.8 Å². The quantitative estimate of drug-likeness (QED) is 0.700. The largest absolute Gasteiger partial charge is 0.384 e. The van der Waals surface area contributed by atoms with Crippen molar-refractivity contribution in [3.63, 3.8) is 0 Å². The van der Waals surface area contributed by atoms with Crippen LogP contribution in [-0.2, 0) is 0 Å². The van der Waals surface area contributed by atoms with E-state index < -0.39 is 0 Å². The normalized spacial score (nSPS) is 24.3. The second-order valence-electron chi connectivity index (χ2n) is 4.55. The summed E-state index contributed by atoms with van der Waals surface area (Å²) in [6.45, 7) is 0. The zero-order valence-electron chi connectivity index (χ0n) is 9.73. The maximum Gasteiger partial charge on any atom is 0.251 e. The highest BCUT2D eigenvalue weighted by molar-refractivity contribution is 5.94. The van der Waals surface area contributed by atoms with Gasteiger partial charge in [0.05, 0.1) is 0 Å². The Balaban J connectivity index is 1.93. The summed E-state index contributed by atoms with van der Waals surface area (Å²) < 4.78 is 0. The van der Waals surface area contributed by atoms with Crippen LogP contribution in [0.15, 0.2) is 18.3 Å². The van der Waals surface area contributed by atoms with Gasteiger partial charge in [0.2, 0.25) is 0 Å². The minimum Gasteiger partial charge on any atom is -0.384 e. The molecule has 1 heterocycles. The van der Waals surface area contributed by atoms with Crippen molar-refractivity contribution in [1.29, 1.82) is 0 Å². The smallest absolute Gasteiger partial charge is 0.251 e. The zero-order chi connectivity index (χ0) is 12.3. The predicted molar refractivity (Wildman–Crippen MR) is 66.3 cm³/mol. The Morgan fingerprint density at radius 1 is 1.35 bits per heavy atom. The summed E-state index contributed by atoms with van der Waals surface area (Å²) in [6.07, 6.45) is 5.40. The number of nitrogens with zero attached hydrogens (tertiary/aromatic N) is 1. The molecule has 0 aromatic carbocycles. The Bertz CT molecular complexity index is 399. The maximum atomic E-state index is 11.9. The number of anilines is 1. The molecule has 0 bridgehead atoms. The van der Waals surface area contributed by atoms with Gasteiger partial charge in [0, 0.05) is 23.8 Å². The fourth-order valence-corrected chi connectivity index (χ4v) is 2.12. The van der Waals surface area contributed by atoms with Crippen molar-refractivity contribution in [3.8, 4) is 0 Å². The van der Waals surface area contributed by atoms with Gasteiger partial charge in [0.25, 0.3) is 5.91 Å². The van der Waals surface area contributed by atoms with E-state index in [1.54, 1.807) is 18.3 Å². The molecule has 1 amide bonds. The van der Waals surface area contributed by atoms with Gasteiger partial charge in [-0.1, -0.05) is 0 Å². The van der Waals surface area contributed by atoms with Gasteiger partial charge < -0.3 is 16.8 Å². The SMILES string of the molecule is Nc1cc(C(=O)NC2CCC(N)CC2)ccn1. The van der Waals surface area contributed by atoms with E-state index in [0.717, 1.165) is 25.7 Å². The number of hydrogen-bond acceptors (Lipinski definition) is 4. The Kier molecular flexibility index (Phi) is 3.58. The van der Waals surface area contributed by atoms with Crippen LogP contribution >= 0.6 is 0 Å². The van der Waals surface area contributed by atoms with Gasteiger partial charge in [0.15, 0.2) is 0 Å². The number of hydrogen-bond donors (Lipinski definition) is 3. The Morgan fingerprint density at radius 2 is 2.06 bits per heavy atom. The molecule has 1 aromatic rings. The maximum absolute atomic E-state index is 11.9. The molecule has 0 atom stereocenters. The summed E-state index contributed by atoms with van der Waals surface area (Å²) in [5.74, 6) is 0.280. The van der Waals surface area contributed by atoms with E-state index in [1.165, 1.54) is 0 Å². The number of carbonyl (C=O) groups excluding carboxylic acids is 1. The van der Waals surface area contributed by atoms with Gasteiger partial charge in [-0.05, 0) is 37.8 Å². The van der Waals surface area contributed by atoms with E-state index in [4.69, 9.17) is 11.5 Å². The minimum absolute atomic E-state index is 0.0837. The Morgan fingerprint density at radius 3 is 2.71 bits per heavy atom. The highest BCUT2D eigenvalue weighted by atomic mass is 16.1. The molecular weight excluding hydrogens is 216 g/mol. The highest BCUT2D eigenvalue weighted by Crippen LogP contribution is 2.17. The summed E-state index contributed by atoms with van der Waals surface area (Å²) in [6, 6.07) is 3.78. The zero-order valence-corrected chi connectivity index (χ0v) is 9.73. The van der Waals surface area contributed by atoms with Crippen LogP contribution in [0.1, 0.15) is 36.0 Å². The first-order chi connectivity index (χ1) is 8.15. The third-order valence-corrected chi connectivity index (χ3v) is 3.15.